The zero-order chi connectivity index (χ0) is 12.1. The van der Waals surface area contributed by atoms with E-state index in [0.717, 1.165) is 37.1 Å². The predicted octanol–water partition coefficient (Wildman–Crippen LogP) is 2.43. The molecule has 0 aromatic heterocycles. The van der Waals surface area contributed by atoms with Gasteiger partial charge < -0.3 is 14.4 Å². The third kappa shape index (κ3) is 2.78. The minimum Gasteiger partial charge on any atom is -0.496 e. The summed E-state index contributed by atoms with van der Waals surface area (Å²) < 4.78 is 5.33. The molecule has 0 unspecified atom stereocenters. The van der Waals surface area contributed by atoms with Crippen molar-refractivity contribution in [2.24, 2.45) is 0 Å². The largest absolute Gasteiger partial charge is 0.496 e. The molecule has 1 aliphatic heterocycles. The van der Waals surface area contributed by atoms with Crippen molar-refractivity contribution in [3.05, 3.63) is 23.8 Å². The molecule has 92 valence electrons. The van der Waals surface area contributed by atoms with Crippen LogP contribution in [0.25, 0.3) is 0 Å². The van der Waals surface area contributed by atoms with Crippen molar-refractivity contribution in [2.75, 3.05) is 25.1 Å². The highest BCUT2D eigenvalue weighted by molar-refractivity contribution is 5.56. The van der Waals surface area contributed by atoms with Crippen LogP contribution in [0, 0.1) is 0 Å². The molecule has 0 spiro atoms. The van der Waals surface area contributed by atoms with Crippen molar-refractivity contribution >= 4 is 12.0 Å². The molecule has 1 heterocycles. The number of carbonyl (C=O) groups excluding carboxylic acids is 1. The Bertz CT molecular complexity index is 384. The molecule has 1 saturated heterocycles. The normalized spacial score (nSPS) is 15.0. The molecule has 0 aliphatic carbocycles. The van der Waals surface area contributed by atoms with Gasteiger partial charge in [0.05, 0.1) is 7.11 Å². The van der Waals surface area contributed by atoms with E-state index in [1.165, 1.54) is 18.5 Å². The predicted molar refractivity (Wildman–Crippen MR) is 68.8 cm³/mol. The van der Waals surface area contributed by atoms with Crippen LogP contribution in [0.15, 0.2) is 18.2 Å². The van der Waals surface area contributed by atoms with Gasteiger partial charge in [-0.2, -0.15) is 0 Å². The lowest BCUT2D eigenvalue weighted by Crippen LogP contribution is -2.17. The number of nitrogens with zero attached hydrogens (tertiary/aromatic N) is 1. The van der Waals surface area contributed by atoms with Crippen LogP contribution in [-0.4, -0.2) is 26.5 Å². The molecule has 0 atom stereocenters. The van der Waals surface area contributed by atoms with Crippen molar-refractivity contribution in [1.82, 2.24) is 0 Å². The second kappa shape index (κ2) is 5.71. The van der Waals surface area contributed by atoms with E-state index < -0.39 is 0 Å². The van der Waals surface area contributed by atoms with Gasteiger partial charge in [-0.05, 0) is 43.0 Å². The quantitative estimate of drug-likeness (QED) is 0.731. The molecule has 1 fully saturated rings. The minimum atomic E-state index is 0.555. The maximum atomic E-state index is 10.5. The van der Waals surface area contributed by atoms with E-state index in [0.29, 0.717) is 6.42 Å². The number of rotatable bonds is 5. The van der Waals surface area contributed by atoms with Gasteiger partial charge in [0, 0.05) is 25.2 Å². The standard InChI is InChI=1S/C14H19NO2/c1-17-14-7-6-13(15-8-2-3-9-15)11-12(14)5-4-10-16/h6-7,10-11H,2-5,8-9H2,1H3. The number of aryl methyl sites for hydroxylation is 1. The molecule has 3 heteroatoms. The van der Waals surface area contributed by atoms with Crippen LogP contribution in [0.4, 0.5) is 5.69 Å². The van der Waals surface area contributed by atoms with Gasteiger partial charge in [-0.1, -0.05) is 0 Å². The molecule has 0 bridgehead atoms. The lowest BCUT2D eigenvalue weighted by molar-refractivity contribution is -0.107. The van der Waals surface area contributed by atoms with Crippen molar-refractivity contribution in [3.63, 3.8) is 0 Å². The van der Waals surface area contributed by atoms with Crippen molar-refractivity contribution in [2.45, 2.75) is 25.7 Å². The third-order valence-electron chi connectivity index (χ3n) is 3.27. The first-order valence-electron chi connectivity index (χ1n) is 6.20. The Morgan fingerprint density at radius 2 is 2.12 bits per heavy atom. The Morgan fingerprint density at radius 1 is 1.35 bits per heavy atom. The molecule has 0 amide bonds. The minimum absolute atomic E-state index is 0.555. The van der Waals surface area contributed by atoms with E-state index >= 15 is 0 Å². The fourth-order valence-corrected chi connectivity index (χ4v) is 2.35. The molecule has 17 heavy (non-hydrogen) atoms. The number of aldehydes is 1. The Kier molecular flexibility index (Phi) is 4.02. The van der Waals surface area contributed by atoms with Gasteiger partial charge in [0.1, 0.15) is 12.0 Å². The summed E-state index contributed by atoms with van der Waals surface area (Å²) in [5.74, 6) is 0.884. The number of hydrogen-bond donors (Lipinski definition) is 0. The Balaban J connectivity index is 2.20. The fourth-order valence-electron chi connectivity index (χ4n) is 2.35. The first kappa shape index (κ1) is 12.0. The lowest BCUT2D eigenvalue weighted by atomic mass is 10.1. The van der Waals surface area contributed by atoms with E-state index in [4.69, 9.17) is 4.74 Å². The third-order valence-corrected chi connectivity index (χ3v) is 3.27. The highest BCUT2D eigenvalue weighted by Gasteiger charge is 2.14. The molecular weight excluding hydrogens is 214 g/mol. The number of benzene rings is 1. The highest BCUT2D eigenvalue weighted by atomic mass is 16.5. The van der Waals surface area contributed by atoms with Gasteiger partial charge in [0.2, 0.25) is 0 Å². The van der Waals surface area contributed by atoms with E-state index in [1.807, 2.05) is 6.07 Å². The summed E-state index contributed by atoms with van der Waals surface area (Å²) in [5.41, 5.74) is 2.38. The second-order valence-corrected chi connectivity index (χ2v) is 4.40. The number of ether oxygens (including phenoxy) is 1. The molecule has 1 aromatic carbocycles. The Morgan fingerprint density at radius 3 is 2.76 bits per heavy atom. The van der Waals surface area contributed by atoms with E-state index in [9.17, 15) is 4.79 Å². The lowest BCUT2D eigenvalue weighted by Gasteiger charge is -2.19. The van der Waals surface area contributed by atoms with E-state index in [-0.39, 0.29) is 0 Å². The molecule has 1 aromatic rings. The fraction of sp³-hybridized carbons (Fsp3) is 0.500. The van der Waals surface area contributed by atoms with Crippen molar-refractivity contribution < 1.29 is 9.53 Å². The van der Waals surface area contributed by atoms with Crippen LogP contribution in [0.2, 0.25) is 0 Å². The van der Waals surface area contributed by atoms with Gasteiger partial charge in [-0.3, -0.25) is 0 Å². The molecule has 3 nitrogen and oxygen atoms in total. The summed E-state index contributed by atoms with van der Waals surface area (Å²) in [6.45, 7) is 2.28. The van der Waals surface area contributed by atoms with E-state index in [2.05, 4.69) is 17.0 Å². The summed E-state index contributed by atoms with van der Waals surface area (Å²) in [7, 11) is 1.68. The van der Waals surface area contributed by atoms with Gasteiger partial charge >= 0.3 is 0 Å². The molecule has 0 radical (unpaired) electrons. The zero-order valence-electron chi connectivity index (χ0n) is 10.3. The van der Waals surface area contributed by atoms with Crippen molar-refractivity contribution in [1.29, 1.82) is 0 Å². The van der Waals surface area contributed by atoms with Gasteiger partial charge in [0.25, 0.3) is 0 Å². The van der Waals surface area contributed by atoms with Crippen LogP contribution in [-0.2, 0) is 11.2 Å². The van der Waals surface area contributed by atoms with Crippen LogP contribution in [0.5, 0.6) is 5.75 Å². The zero-order valence-corrected chi connectivity index (χ0v) is 10.3. The number of methoxy groups -OCH3 is 1. The summed E-state index contributed by atoms with van der Waals surface area (Å²) in [6.07, 6.45) is 4.82. The first-order valence-corrected chi connectivity index (χ1v) is 6.20. The average Bonchev–Trinajstić information content (AvgIpc) is 2.89. The Hall–Kier alpha value is -1.51. The van der Waals surface area contributed by atoms with Crippen LogP contribution in [0.3, 0.4) is 0 Å². The molecule has 0 N–H and O–H groups in total. The number of anilines is 1. The Labute approximate surface area is 102 Å². The number of carbonyl (C=O) groups is 1. The maximum absolute atomic E-state index is 10.5. The smallest absolute Gasteiger partial charge is 0.122 e. The average molecular weight is 233 g/mol. The summed E-state index contributed by atoms with van der Waals surface area (Å²) in [5, 5.41) is 0. The monoisotopic (exact) mass is 233 g/mol. The molecule has 0 saturated carbocycles. The number of hydrogen-bond acceptors (Lipinski definition) is 3. The van der Waals surface area contributed by atoms with Crippen LogP contribution in [0.1, 0.15) is 24.8 Å². The van der Waals surface area contributed by atoms with Gasteiger partial charge in [0.15, 0.2) is 0 Å². The molecular formula is C14H19NO2. The second-order valence-electron chi connectivity index (χ2n) is 4.40. The van der Waals surface area contributed by atoms with Crippen LogP contribution < -0.4 is 9.64 Å². The summed E-state index contributed by atoms with van der Waals surface area (Å²) >= 11 is 0. The van der Waals surface area contributed by atoms with Gasteiger partial charge in [-0.25, -0.2) is 0 Å². The first-order chi connectivity index (χ1) is 8.35. The highest BCUT2D eigenvalue weighted by Crippen LogP contribution is 2.27. The van der Waals surface area contributed by atoms with Crippen LogP contribution >= 0.6 is 0 Å². The topological polar surface area (TPSA) is 29.5 Å². The SMILES string of the molecule is COc1ccc(N2CCCC2)cc1CCC=O. The van der Waals surface area contributed by atoms with E-state index in [1.54, 1.807) is 7.11 Å². The summed E-state index contributed by atoms with van der Waals surface area (Å²) in [4.78, 5) is 12.9. The summed E-state index contributed by atoms with van der Waals surface area (Å²) in [6, 6.07) is 6.27. The molecule has 1 aliphatic rings. The maximum Gasteiger partial charge on any atom is 0.122 e. The molecule has 2 rings (SSSR count). The van der Waals surface area contributed by atoms with Gasteiger partial charge in [-0.15, -0.1) is 0 Å². The van der Waals surface area contributed by atoms with Crippen molar-refractivity contribution in [3.8, 4) is 5.75 Å².